The third-order valence-electron chi connectivity index (χ3n) is 1.67. The lowest BCUT2D eigenvalue weighted by molar-refractivity contribution is -0.122. The molecule has 0 aliphatic rings. The van der Waals surface area contributed by atoms with Crippen LogP contribution in [0.3, 0.4) is 0 Å². The van der Waals surface area contributed by atoms with Gasteiger partial charge in [0.1, 0.15) is 0 Å². The van der Waals surface area contributed by atoms with Crippen molar-refractivity contribution in [3.8, 4) is 0 Å². The van der Waals surface area contributed by atoms with Crippen LogP contribution in [0.5, 0.6) is 0 Å². The molecule has 0 aromatic carbocycles. The van der Waals surface area contributed by atoms with E-state index in [4.69, 9.17) is 5.84 Å². The Bertz CT molecular complexity index is 312. The van der Waals surface area contributed by atoms with Crippen LogP contribution < -0.4 is 11.3 Å². The topological polar surface area (TPSA) is 71.2 Å². The summed E-state index contributed by atoms with van der Waals surface area (Å²) in [7, 11) is 1.85. The zero-order chi connectivity index (χ0) is 10.6. The summed E-state index contributed by atoms with van der Waals surface area (Å²) in [6.07, 6.45) is 0. The van der Waals surface area contributed by atoms with E-state index >= 15 is 0 Å². The number of rotatable bonds is 4. The fourth-order valence-electron chi connectivity index (χ4n) is 1.10. The maximum atomic E-state index is 10.9. The minimum absolute atomic E-state index is 0.195. The standard InChI is InChI=1S/C8H14N4OS/c1-6-10-7(5-14-6)3-12(2)4-8(13)11-9/h5H,3-4,9H2,1-2H3,(H,11,13). The van der Waals surface area contributed by atoms with E-state index in [-0.39, 0.29) is 12.5 Å². The second kappa shape index (κ2) is 5.04. The van der Waals surface area contributed by atoms with Crippen LogP contribution >= 0.6 is 11.3 Å². The van der Waals surface area contributed by atoms with Crippen LogP contribution in [0.1, 0.15) is 10.7 Å². The lowest BCUT2D eigenvalue weighted by Crippen LogP contribution is -2.38. The molecule has 1 aromatic heterocycles. The normalized spacial score (nSPS) is 10.6. The Kier molecular flexibility index (Phi) is 3.99. The van der Waals surface area contributed by atoms with E-state index in [0.29, 0.717) is 6.54 Å². The number of amides is 1. The first-order valence-corrected chi connectivity index (χ1v) is 5.08. The number of nitrogens with two attached hydrogens (primary N) is 1. The number of likely N-dealkylation sites (N-methyl/N-ethyl adjacent to an activating group) is 1. The lowest BCUT2D eigenvalue weighted by Gasteiger charge is -2.13. The number of carbonyl (C=O) groups is 1. The fraction of sp³-hybridized carbons (Fsp3) is 0.500. The van der Waals surface area contributed by atoms with Gasteiger partial charge in [0.25, 0.3) is 0 Å². The molecule has 0 unspecified atom stereocenters. The molecule has 0 radical (unpaired) electrons. The second-order valence-corrected chi connectivity index (χ2v) is 4.16. The first-order chi connectivity index (χ1) is 6.61. The molecule has 6 heteroatoms. The number of hydrogen-bond acceptors (Lipinski definition) is 5. The molecule has 78 valence electrons. The van der Waals surface area contributed by atoms with Crippen LogP contribution in [0.4, 0.5) is 0 Å². The molecule has 1 heterocycles. The molecule has 0 saturated heterocycles. The number of hydrazine groups is 1. The van der Waals surface area contributed by atoms with Crippen LogP contribution in [0.15, 0.2) is 5.38 Å². The monoisotopic (exact) mass is 214 g/mol. The van der Waals surface area contributed by atoms with Gasteiger partial charge in [-0.2, -0.15) is 0 Å². The summed E-state index contributed by atoms with van der Waals surface area (Å²) >= 11 is 1.61. The van der Waals surface area contributed by atoms with Crippen molar-refractivity contribution in [3.63, 3.8) is 0 Å². The third kappa shape index (κ3) is 3.41. The summed E-state index contributed by atoms with van der Waals surface area (Å²) < 4.78 is 0. The first kappa shape index (κ1) is 11.1. The lowest BCUT2D eigenvalue weighted by atomic mass is 10.4. The van der Waals surface area contributed by atoms with E-state index in [0.717, 1.165) is 10.7 Å². The van der Waals surface area contributed by atoms with Gasteiger partial charge in [0, 0.05) is 11.9 Å². The van der Waals surface area contributed by atoms with Gasteiger partial charge in [0.2, 0.25) is 5.91 Å². The molecular weight excluding hydrogens is 200 g/mol. The van der Waals surface area contributed by atoms with E-state index in [1.54, 1.807) is 11.3 Å². The van der Waals surface area contributed by atoms with Crippen molar-refractivity contribution < 1.29 is 4.79 Å². The summed E-state index contributed by atoms with van der Waals surface area (Å²) in [5, 5.41) is 3.03. The average Bonchev–Trinajstić information content (AvgIpc) is 2.50. The van der Waals surface area contributed by atoms with Crippen molar-refractivity contribution in [2.24, 2.45) is 5.84 Å². The Labute approximate surface area is 86.9 Å². The van der Waals surface area contributed by atoms with Crippen molar-refractivity contribution in [2.45, 2.75) is 13.5 Å². The summed E-state index contributed by atoms with van der Waals surface area (Å²) in [5.74, 6) is 4.78. The molecule has 5 nitrogen and oxygen atoms in total. The third-order valence-corrected chi connectivity index (χ3v) is 2.50. The van der Waals surface area contributed by atoms with Gasteiger partial charge in [0.15, 0.2) is 0 Å². The molecule has 0 bridgehead atoms. The van der Waals surface area contributed by atoms with Crippen LogP contribution in [0.25, 0.3) is 0 Å². The molecule has 0 spiro atoms. The Hall–Kier alpha value is -0.980. The molecule has 0 fully saturated rings. The van der Waals surface area contributed by atoms with Gasteiger partial charge < -0.3 is 0 Å². The summed E-state index contributed by atoms with van der Waals surface area (Å²) in [6, 6.07) is 0. The van der Waals surface area contributed by atoms with Crippen molar-refractivity contribution >= 4 is 17.2 Å². The highest BCUT2D eigenvalue weighted by molar-refractivity contribution is 7.09. The Morgan fingerprint density at radius 3 is 3.00 bits per heavy atom. The molecule has 0 atom stereocenters. The van der Waals surface area contributed by atoms with Crippen molar-refractivity contribution in [3.05, 3.63) is 16.1 Å². The average molecular weight is 214 g/mol. The number of carbonyl (C=O) groups excluding carboxylic acids is 1. The van der Waals surface area contributed by atoms with E-state index in [1.165, 1.54) is 0 Å². The SMILES string of the molecule is Cc1nc(CN(C)CC(=O)NN)cs1. The van der Waals surface area contributed by atoms with E-state index < -0.39 is 0 Å². The fourth-order valence-corrected chi connectivity index (χ4v) is 1.71. The van der Waals surface area contributed by atoms with E-state index in [9.17, 15) is 4.79 Å². The zero-order valence-electron chi connectivity index (χ0n) is 8.28. The van der Waals surface area contributed by atoms with Crippen molar-refractivity contribution in [1.82, 2.24) is 15.3 Å². The largest absolute Gasteiger partial charge is 0.293 e. The van der Waals surface area contributed by atoms with Gasteiger partial charge in [-0.3, -0.25) is 15.1 Å². The highest BCUT2D eigenvalue weighted by Gasteiger charge is 2.06. The summed E-state index contributed by atoms with van der Waals surface area (Å²) in [5.41, 5.74) is 3.07. The van der Waals surface area contributed by atoms with Crippen molar-refractivity contribution in [1.29, 1.82) is 0 Å². The molecule has 1 aromatic rings. The predicted octanol–water partition coefficient (Wildman–Crippen LogP) is -0.127. The minimum atomic E-state index is -0.195. The molecule has 0 aliphatic heterocycles. The van der Waals surface area contributed by atoms with Gasteiger partial charge in [-0.1, -0.05) is 0 Å². The molecule has 3 N–H and O–H groups in total. The highest BCUT2D eigenvalue weighted by Crippen LogP contribution is 2.09. The minimum Gasteiger partial charge on any atom is -0.293 e. The van der Waals surface area contributed by atoms with Gasteiger partial charge >= 0.3 is 0 Å². The first-order valence-electron chi connectivity index (χ1n) is 4.21. The van der Waals surface area contributed by atoms with Gasteiger partial charge in [0.05, 0.1) is 17.2 Å². The van der Waals surface area contributed by atoms with Crippen LogP contribution in [-0.2, 0) is 11.3 Å². The summed E-state index contributed by atoms with van der Waals surface area (Å²) in [6.45, 7) is 2.91. The molecule has 14 heavy (non-hydrogen) atoms. The Balaban J connectivity index is 2.41. The van der Waals surface area contributed by atoms with Gasteiger partial charge in [-0.25, -0.2) is 10.8 Å². The maximum absolute atomic E-state index is 10.9. The predicted molar refractivity (Wildman–Crippen MR) is 55.5 cm³/mol. The molecule has 0 saturated carbocycles. The summed E-state index contributed by atoms with van der Waals surface area (Å²) in [4.78, 5) is 17.1. The zero-order valence-corrected chi connectivity index (χ0v) is 9.10. The quantitative estimate of drug-likeness (QED) is 0.416. The Morgan fingerprint density at radius 1 is 1.79 bits per heavy atom. The van der Waals surface area contributed by atoms with Crippen molar-refractivity contribution in [2.75, 3.05) is 13.6 Å². The number of aromatic nitrogens is 1. The highest BCUT2D eigenvalue weighted by atomic mass is 32.1. The Morgan fingerprint density at radius 2 is 2.50 bits per heavy atom. The van der Waals surface area contributed by atoms with Crippen LogP contribution in [0, 0.1) is 6.92 Å². The van der Waals surface area contributed by atoms with E-state index in [2.05, 4.69) is 10.4 Å². The van der Waals surface area contributed by atoms with Crippen LogP contribution in [-0.4, -0.2) is 29.4 Å². The smallest absolute Gasteiger partial charge is 0.248 e. The molecule has 1 rings (SSSR count). The number of nitrogens with one attached hydrogen (secondary N) is 1. The number of nitrogens with zero attached hydrogens (tertiary/aromatic N) is 2. The van der Waals surface area contributed by atoms with Gasteiger partial charge in [-0.05, 0) is 14.0 Å². The molecule has 1 amide bonds. The van der Waals surface area contributed by atoms with Gasteiger partial charge in [-0.15, -0.1) is 11.3 Å². The number of thiazole rings is 1. The maximum Gasteiger partial charge on any atom is 0.248 e. The second-order valence-electron chi connectivity index (χ2n) is 3.10. The molecule has 0 aliphatic carbocycles. The number of aryl methyl sites for hydroxylation is 1. The van der Waals surface area contributed by atoms with E-state index in [1.807, 2.05) is 24.3 Å². The number of hydrogen-bond donors (Lipinski definition) is 2. The molecular formula is C8H14N4OS. The van der Waals surface area contributed by atoms with Crippen LogP contribution in [0.2, 0.25) is 0 Å².